The topological polar surface area (TPSA) is 109 Å². The van der Waals surface area contributed by atoms with Gasteiger partial charge in [0.05, 0.1) is 23.1 Å². The first-order valence-electron chi connectivity index (χ1n) is 14.5. The maximum atomic E-state index is 15.4. The number of halogens is 3. The molecule has 2 aliphatic rings. The first-order valence-corrected chi connectivity index (χ1v) is 15.2. The van der Waals surface area contributed by atoms with Crippen LogP contribution < -0.4 is 21.3 Å². The Labute approximate surface area is 266 Å². The van der Waals surface area contributed by atoms with E-state index in [1.165, 1.54) is 6.07 Å². The molecule has 0 radical (unpaired) electrons. The zero-order valence-electron chi connectivity index (χ0n) is 24.9. The third-order valence-corrected chi connectivity index (χ3v) is 8.51. The number of nitrogens with one attached hydrogen (secondary N) is 4. The van der Waals surface area contributed by atoms with Crippen LogP contribution in [0, 0.1) is 11.2 Å². The van der Waals surface area contributed by atoms with Gasteiger partial charge in [0, 0.05) is 39.3 Å². The summed E-state index contributed by atoms with van der Waals surface area (Å²) in [5.41, 5.74) is 1.63. The van der Waals surface area contributed by atoms with Crippen LogP contribution in [0.5, 0.6) is 0 Å². The van der Waals surface area contributed by atoms with E-state index in [0.717, 1.165) is 0 Å². The van der Waals surface area contributed by atoms with Crippen LogP contribution in [0.2, 0.25) is 10.0 Å². The van der Waals surface area contributed by atoms with Gasteiger partial charge in [0.2, 0.25) is 11.8 Å². The summed E-state index contributed by atoms with van der Waals surface area (Å²) < 4.78 is 20.4. The first kappa shape index (κ1) is 31.8. The van der Waals surface area contributed by atoms with E-state index in [0.29, 0.717) is 46.2 Å². The van der Waals surface area contributed by atoms with Crippen molar-refractivity contribution in [2.75, 3.05) is 29.1 Å². The van der Waals surface area contributed by atoms with Gasteiger partial charge in [0.1, 0.15) is 12.4 Å². The average molecular weight is 642 g/mol. The molecule has 2 heterocycles. The third kappa shape index (κ3) is 6.27. The van der Waals surface area contributed by atoms with Crippen LogP contribution >= 0.6 is 23.2 Å². The first-order chi connectivity index (χ1) is 20.8. The fourth-order valence-electron chi connectivity index (χ4n) is 6.19. The van der Waals surface area contributed by atoms with Crippen LogP contribution in [-0.4, -0.2) is 43.0 Å². The fourth-order valence-corrected chi connectivity index (χ4v) is 6.59. The van der Waals surface area contributed by atoms with E-state index < -0.39 is 23.3 Å². The molecule has 232 valence electrons. The number of hydrogen-bond donors (Lipinski definition) is 4. The summed E-state index contributed by atoms with van der Waals surface area (Å²) in [6.07, 6.45) is 0.707. The Bertz CT molecular complexity index is 1610. The lowest BCUT2D eigenvalue weighted by atomic mass is 9.68. The maximum Gasteiger partial charge on any atom is 0.325 e. The van der Waals surface area contributed by atoms with Crippen LogP contribution in [0.1, 0.15) is 46.1 Å². The molecular weight excluding hydrogens is 606 g/mol. The van der Waals surface area contributed by atoms with Gasteiger partial charge in [-0.3, -0.25) is 14.4 Å². The summed E-state index contributed by atoms with van der Waals surface area (Å²) in [5, 5.41) is 12.7. The van der Waals surface area contributed by atoms with Crippen LogP contribution in [0.15, 0.2) is 54.6 Å². The van der Waals surface area contributed by atoms with Crippen LogP contribution in [0.3, 0.4) is 0 Å². The number of hydrogen-bond acceptors (Lipinski definition) is 6. The quantitative estimate of drug-likeness (QED) is 0.202. The molecule has 0 bridgehead atoms. The Morgan fingerprint density at radius 3 is 2.45 bits per heavy atom. The lowest BCUT2D eigenvalue weighted by Crippen LogP contribution is -2.48. The fraction of sp³-hybridized carbons (Fsp3) is 0.364. The number of benzene rings is 3. The highest BCUT2D eigenvalue weighted by molar-refractivity contribution is 6.32. The molecule has 1 spiro atoms. The molecule has 11 heteroatoms. The Morgan fingerprint density at radius 2 is 1.77 bits per heavy atom. The number of ether oxygens (including phenoxy) is 1. The standard InChI is InChI=1S/C33H35Cl2FN4O4/c1-5-44-27(41)17-37-19-9-11-20(12-10-19)38-30(42)25-15-33(26(39-25)16-32(2,3)4)28-22(21-7-6-8-23(35)29(21)36)13-18(34)14-24(28)40-31(33)43/h6-14,25-26,37,39H,5,15-17H2,1-4H3,(H,38,42)(H,40,43)/t25-,26+,33+/m1/s1. The van der Waals surface area contributed by atoms with E-state index in [2.05, 4.69) is 42.0 Å². The molecule has 0 aromatic heterocycles. The molecule has 2 amide bonds. The van der Waals surface area contributed by atoms with E-state index in [9.17, 15) is 14.4 Å². The van der Waals surface area contributed by atoms with Gasteiger partial charge in [-0.2, -0.15) is 0 Å². The van der Waals surface area contributed by atoms with E-state index in [-0.39, 0.29) is 46.8 Å². The van der Waals surface area contributed by atoms with Crippen molar-refractivity contribution in [3.8, 4) is 11.1 Å². The van der Waals surface area contributed by atoms with Crippen molar-refractivity contribution in [1.82, 2.24) is 5.32 Å². The molecule has 8 nitrogen and oxygen atoms in total. The van der Waals surface area contributed by atoms with Gasteiger partial charge in [-0.05, 0) is 73.2 Å². The molecular formula is C33H35Cl2FN4O4. The van der Waals surface area contributed by atoms with Crippen molar-refractivity contribution in [2.24, 2.45) is 5.41 Å². The zero-order valence-corrected chi connectivity index (χ0v) is 26.5. The zero-order chi connectivity index (χ0) is 31.8. The molecule has 5 rings (SSSR count). The van der Waals surface area contributed by atoms with Crippen molar-refractivity contribution in [2.45, 2.75) is 58.0 Å². The highest BCUT2D eigenvalue weighted by Crippen LogP contribution is 2.54. The van der Waals surface area contributed by atoms with E-state index in [4.69, 9.17) is 27.9 Å². The number of esters is 1. The van der Waals surface area contributed by atoms with E-state index >= 15 is 4.39 Å². The van der Waals surface area contributed by atoms with Crippen molar-refractivity contribution in [3.05, 3.63) is 76.0 Å². The number of amides is 2. The Balaban J connectivity index is 1.47. The summed E-state index contributed by atoms with van der Waals surface area (Å²) in [6, 6.07) is 13.8. The molecule has 0 aliphatic carbocycles. The second-order valence-electron chi connectivity index (χ2n) is 12.4. The molecule has 3 aromatic carbocycles. The maximum absolute atomic E-state index is 15.4. The van der Waals surface area contributed by atoms with Gasteiger partial charge in [0.25, 0.3) is 0 Å². The molecule has 44 heavy (non-hydrogen) atoms. The number of anilines is 3. The summed E-state index contributed by atoms with van der Waals surface area (Å²) in [7, 11) is 0. The number of carbonyl (C=O) groups excluding carboxylic acids is 3. The van der Waals surface area contributed by atoms with Crippen molar-refractivity contribution < 1.29 is 23.5 Å². The Hall–Kier alpha value is -3.66. The molecule has 3 aromatic rings. The van der Waals surface area contributed by atoms with Crippen molar-refractivity contribution in [3.63, 3.8) is 0 Å². The minimum Gasteiger partial charge on any atom is -0.465 e. The monoisotopic (exact) mass is 640 g/mol. The van der Waals surface area contributed by atoms with Crippen molar-refractivity contribution >= 4 is 58.0 Å². The summed E-state index contributed by atoms with van der Waals surface area (Å²) in [5.74, 6) is -1.55. The van der Waals surface area contributed by atoms with Gasteiger partial charge in [-0.15, -0.1) is 0 Å². The highest BCUT2D eigenvalue weighted by Gasteiger charge is 2.60. The molecule has 0 unspecified atom stereocenters. The van der Waals surface area contributed by atoms with Gasteiger partial charge in [0.15, 0.2) is 0 Å². The second kappa shape index (κ2) is 12.4. The molecule has 0 saturated carbocycles. The number of carbonyl (C=O) groups is 3. The third-order valence-electron chi connectivity index (χ3n) is 8.00. The predicted molar refractivity (Wildman–Crippen MR) is 172 cm³/mol. The normalized spacial score (nSPS) is 20.8. The minimum atomic E-state index is -1.18. The summed E-state index contributed by atoms with van der Waals surface area (Å²) in [4.78, 5) is 39.3. The predicted octanol–water partition coefficient (Wildman–Crippen LogP) is 6.77. The average Bonchev–Trinajstić information content (AvgIpc) is 3.45. The molecule has 1 saturated heterocycles. The summed E-state index contributed by atoms with van der Waals surface area (Å²) in [6.45, 7) is 8.28. The largest absolute Gasteiger partial charge is 0.465 e. The molecule has 4 N–H and O–H groups in total. The number of fused-ring (bicyclic) bond motifs is 2. The number of rotatable bonds is 8. The highest BCUT2D eigenvalue weighted by atomic mass is 35.5. The van der Waals surface area contributed by atoms with Gasteiger partial charge >= 0.3 is 5.97 Å². The Kier molecular flexibility index (Phi) is 8.94. The SMILES string of the molecule is CCOC(=O)CNc1ccc(NC(=O)[C@H]2C[C@]3(C(=O)Nc4cc(Cl)cc(-c5cccc(Cl)c5F)c43)[C@H](CC(C)(C)C)N2)cc1. The van der Waals surface area contributed by atoms with Crippen LogP contribution in [0.25, 0.3) is 11.1 Å². The second-order valence-corrected chi connectivity index (χ2v) is 13.2. The summed E-state index contributed by atoms with van der Waals surface area (Å²) >= 11 is 12.6. The smallest absolute Gasteiger partial charge is 0.325 e. The van der Waals surface area contributed by atoms with Gasteiger partial charge in [-0.25, -0.2) is 4.39 Å². The Morgan fingerprint density at radius 1 is 1.07 bits per heavy atom. The molecule has 1 fully saturated rings. The molecule has 2 aliphatic heterocycles. The lowest BCUT2D eigenvalue weighted by Gasteiger charge is -2.34. The van der Waals surface area contributed by atoms with E-state index in [1.807, 2.05) is 0 Å². The lowest BCUT2D eigenvalue weighted by molar-refractivity contribution is -0.141. The van der Waals surface area contributed by atoms with Gasteiger partial charge in [-0.1, -0.05) is 56.1 Å². The van der Waals surface area contributed by atoms with Crippen molar-refractivity contribution in [1.29, 1.82) is 0 Å². The van der Waals surface area contributed by atoms with Gasteiger partial charge < -0.3 is 26.0 Å². The van der Waals surface area contributed by atoms with Crippen LogP contribution in [0.4, 0.5) is 21.5 Å². The minimum absolute atomic E-state index is 0.0264. The molecule has 3 atom stereocenters. The van der Waals surface area contributed by atoms with E-state index in [1.54, 1.807) is 55.5 Å². The van der Waals surface area contributed by atoms with Crippen LogP contribution in [-0.2, 0) is 24.5 Å².